The van der Waals surface area contributed by atoms with Crippen LogP contribution < -0.4 is 5.32 Å². The Hall–Kier alpha value is -1.95. The summed E-state index contributed by atoms with van der Waals surface area (Å²) >= 11 is 1.52. The van der Waals surface area contributed by atoms with E-state index in [4.69, 9.17) is 5.11 Å². The lowest BCUT2D eigenvalue weighted by atomic mass is 10.3. The number of carbonyl (C=O) groups is 1. The molecule has 5 nitrogen and oxygen atoms in total. The lowest BCUT2D eigenvalue weighted by molar-refractivity contribution is 0.0690. The van der Waals surface area contributed by atoms with Gasteiger partial charge in [0.2, 0.25) is 0 Å². The molecule has 2 aromatic heterocycles. The number of aromatic carboxylic acids is 1. The van der Waals surface area contributed by atoms with Gasteiger partial charge in [-0.25, -0.2) is 14.8 Å². The Labute approximate surface area is 95.8 Å². The maximum atomic E-state index is 10.7. The summed E-state index contributed by atoms with van der Waals surface area (Å²) in [5.74, 6) is -0.495. The van der Waals surface area contributed by atoms with Crippen LogP contribution in [0.2, 0.25) is 0 Å². The molecule has 0 atom stereocenters. The minimum absolute atomic E-state index is 0.0308. The Morgan fingerprint density at radius 3 is 3.06 bits per heavy atom. The van der Waals surface area contributed by atoms with Crippen LogP contribution >= 0.6 is 11.3 Å². The van der Waals surface area contributed by atoms with Crippen LogP contribution in [0.25, 0.3) is 0 Å². The fraction of sp³-hybridized carbons (Fsp3) is 0.100. The number of aromatic nitrogens is 2. The molecule has 0 unspecified atom stereocenters. The summed E-state index contributed by atoms with van der Waals surface area (Å²) in [5.41, 5.74) is 2.69. The quantitative estimate of drug-likeness (QED) is 0.845. The minimum atomic E-state index is -1.03. The smallest absolute Gasteiger partial charge is 0.354 e. The molecule has 0 radical (unpaired) electrons. The van der Waals surface area contributed by atoms with Crippen LogP contribution in [-0.4, -0.2) is 21.0 Å². The number of nitrogens with one attached hydrogen (secondary N) is 1. The molecule has 16 heavy (non-hydrogen) atoms. The third kappa shape index (κ3) is 2.54. The predicted molar refractivity (Wildman–Crippen MR) is 60.6 cm³/mol. The van der Waals surface area contributed by atoms with Crippen molar-refractivity contribution in [3.8, 4) is 0 Å². The van der Waals surface area contributed by atoms with E-state index in [1.165, 1.54) is 17.4 Å². The van der Waals surface area contributed by atoms with Gasteiger partial charge >= 0.3 is 5.97 Å². The van der Waals surface area contributed by atoms with Crippen molar-refractivity contribution in [1.82, 2.24) is 9.97 Å². The van der Waals surface area contributed by atoms with E-state index >= 15 is 0 Å². The fourth-order valence-corrected chi connectivity index (χ4v) is 1.72. The molecular weight excluding hydrogens is 226 g/mol. The van der Waals surface area contributed by atoms with E-state index in [0.717, 1.165) is 5.69 Å². The molecule has 0 saturated heterocycles. The number of hydrogen-bond acceptors (Lipinski definition) is 5. The lowest BCUT2D eigenvalue weighted by Gasteiger charge is -2.03. The second-order valence-electron chi connectivity index (χ2n) is 3.05. The SMILES string of the molecule is O=C(O)c1cccc(NCc2cscn2)n1. The van der Waals surface area contributed by atoms with Gasteiger partial charge in [-0.15, -0.1) is 11.3 Å². The topological polar surface area (TPSA) is 75.1 Å². The number of nitrogens with zero attached hydrogens (tertiary/aromatic N) is 2. The van der Waals surface area contributed by atoms with Crippen LogP contribution in [0.4, 0.5) is 5.82 Å². The molecule has 82 valence electrons. The Bertz CT molecular complexity index is 485. The van der Waals surface area contributed by atoms with Gasteiger partial charge < -0.3 is 10.4 Å². The Morgan fingerprint density at radius 1 is 1.50 bits per heavy atom. The van der Waals surface area contributed by atoms with Gasteiger partial charge in [-0.2, -0.15) is 0 Å². The second kappa shape index (κ2) is 4.71. The van der Waals surface area contributed by atoms with Crippen molar-refractivity contribution in [3.63, 3.8) is 0 Å². The third-order valence-electron chi connectivity index (χ3n) is 1.90. The zero-order chi connectivity index (χ0) is 11.4. The number of hydrogen-bond donors (Lipinski definition) is 2. The van der Waals surface area contributed by atoms with Gasteiger partial charge in [-0.1, -0.05) is 6.07 Å². The standard InChI is InChI=1S/C10H9N3O2S/c14-10(15)8-2-1-3-9(13-8)11-4-7-5-16-6-12-7/h1-3,5-6H,4H2,(H,11,13)(H,14,15). The Balaban J connectivity index is 2.04. The third-order valence-corrected chi connectivity index (χ3v) is 2.54. The lowest BCUT2D eigenvalue weighted by Crippen LogP contribution is -2.05. The second-order valence-corrected chi connectivity index (χ2v) is 3.77. The molecule has 0 aliphatic heterocycles. The first-order valence-corrected chi connectivity index (χ1v) is 5.51. The van der Waals surface area contributed by atoms with E-state index in [9.17, 15) is 4.79 Å². The molecular formula is C10H9N3O2S. The van der Waals surface area contributed by atoms with E-state index in [1.54, 1.807) is 17.6 Å². The average molecular weight is 235 g/mol. The maximum Gasteiger partial charge on any atom is 0.354 e. The average Bonchev–Trinajstić information content (AvgIpc) is 2.79. The highest BCUT2D eigenvalue weighted by molar-refractivity contribution is 7.07. The molecule has 0 spiro atoms. The van der Waals surface area contributed by atoms with Gasteiger partial charge in [-0.05, 0) is 12.1 Å². The molecule has 6 heteroatoms. The number of anilines is 1. The normalized spacial score (nSPS) is 10.0. The first-order chi connectivity index (χ1) is 7.75. The summed E-state index contributed by atoms with van der Waals surface area (Å²) in [7, 11) is 0. The Kier molecular flexibility index (Phi) is 3.11. The molecule has 0 saturated carbocycles. The summed E-state index contributed by atoms with van der Waals surface area (Å²) < 4.78 is 0. The van der Waals surface area contributed by atoms with Crippen molar-refractivity contribution in [2.75, 3.05) is 5.32 Å². The van der Waals surface area contributed by atoms with Crippen molar-refractivity contribution in [1.29, 1.82) is 0 Å². The molecule has 0 amide bonds. The van der Waals surface area contributed by atoms with Crippen molar-refractivity contribution < 1.29 is 9.90 Å². The number of pyridine rings is 1. The van der Waals surface area contributed by atoms with Gasteiger partial charge in [0.25, 0.3) is 0 Å². The zero-order valence-corrected chi connectivity index (χ0v) is 9.07. The highest BCUT2D eigenvalue weighted by Gasteiger charge is 2.04. The summed E-state index contributed by atoms with van der Waals surface area (Å²) in [4.78, 5) is 18.7. The number of carboxylic acids is 1. The van der Waals surface area contributed by atoms with Gasteiger partial charge in [0.15, 0.2) is 5.69 Å². The van der Waals surface area contributed by atoms with Crippen LogP contribution in [0.15, 0.2) is 29.1 Å². The van der Waals surface area contributed by atoms with Gasteiger partial charge in [0.05, 0.1) is 17.7 Å². The summed E-state index contributed by atoms with van der Waals surface area (Å²) in [6.45, 7) is 0.541. The summed E-state index contributed by atoms with van der Waals surface area (Å²) in [5, 5.41) is 13.7. The largest absolute Gasteiger partial charge is 0.477 e. The van der Waals surface area contributed by atoms with Gasteiger partial charge in [0.1, 0.15) is 5.82 Å². The molecule has 2 heterocycles. The zero-order valence-electron chi connectivity index (χ0n) is 8.25. The first-order valence-electron chi connectivity index (χ1n) is 4.57. The van der Waals surface area contributed by atoms with Gasteiger partial charge in [0, 0.05) is 5.38 Å². The molecule has 0 aliphatic rings. The fourth-order valence-electron chi connectivity index (χ4n) is 1.16. The van der Waals surface area contributed by atoms with E-state index in [1.807, 2.05) is 5.38 Å². The minimum Gasteiger partial charge on any atom is -0.477 e. The van der Waals surface area contributed by atoms with Crippen molar-refractivity contribution in [3.05, 3.63) is 40.5 Å². The van der Waals surface area contributed by atoms with E-state index < -0.39 is 5.97 Å². The highest BCUT2D eigenvalue weighted by atomic mass is 32.1. The molecule has 2 N–H and O–H groups in total. The van der Waals surface area contributed by atoms with Crippen molar-refractivity contribution in [2.24, 2.45) is 0 Å². The Morgan fingerprint density at radius 2 is 2.38 bits per heavy atom. The van der Waals surface area contributed by atoms with Gasteiger partial charge in [-0.3, -0.25) is 0 Å². The van der Waals surface area contributed by atoms with Crippen LogP contribution in [0.3, 0.4) is 0 Å². The number of thiazole rings is 1. The van der Waals surface area contributed by atoms with Crippen molar-refractivity contribution >= 4 is 23.1 Å². The van der Waals surface area contributed by atoms with Crippen LogP contribution in [0.5, 0.6) is 0 Å². The van der Waals surface area contributed by atoms with Crippen molar-refractivity contribution in [2.45, 2.75) is 6.54 Å². The molecule has 0 bridgehead atoms. The maximum absolute atomic E-state index is 10.7. The number of carboxylic acid groups (broad SMARTS) is 1. The van der Waals surface area contributed by atoms with Crippen LogP contribution in [0.1, 0.15) is 16.2 Å². The predicted octanol–water partition coefficient (Wildman–Crippen LogP) is 1.85. The van der Waals surface area contributed by atoms with Crippen LogP contribution in [0, 0.1) is 0 Å². The summed E-state index contributed by atoms with van der Waals surface area (Å²) in [6, 6.07) is 4.83. The first kappa shape index (κ1) is 10.6. The molecule has 0 aromatic carbocycles. The monoisotopic (exact) mass is 235 g/mol. The summed E-state index contributed by atoms with van der Waals surface area (Å²) in [6.07, 6.45) is 0. The van der Waals surface area contributed by atoms with E-state index in [2.05, 4.69) is 15.3 Å². The highest BCUT2D eigenvalue weighted by Crippen LogP contribution is 2.08. The molecule has 0 aliphatic carbocycles. The number of rotatable bonds is 4. The van der Waals surface area contributed by atoms with E-state index in [0.29, 0.717) is 12.4 Å². The van der Waals surface area contributed by atoms with E-state index in [-0.39, 0.29) is 5.69 Å². The molecule has 0 fully saturated rings. The molecule has 2 aromatic rings. The molecule has 2 rings (SSSR count). The van der Waals surface area contributed by atoms with Crippen LogP contribution in [-0.2, 0) is 6.54 Å².